The lowest BCUT2D eigenvalue weighted by atomic mass is 10.1. The van der Waals surface area contributed by atoms with Gasteiger partial charge in [0.15, 0.2) is 11.6 Å². The van der Waals surface area contributed by atoms with E-state index in [1.807, 2.05) is 6.07 Å². The first kappa shape index (κ1) is 25.7. The number of benzene rings is 3. The van der Waals surface area contributed by atoms with Gasteiger partial charge >= 0.3 is 5.97 Å². The maximum atomic E-state index is 13.9. The molecule has 1 fully saturated rings. The van der Waals surface area contributed by atoms with Crippen LogP contribution in [-0.4, -0.2) is 51.9 Å². The van der Waals surface area contributed by atoms with Crippen molar-refractivity contribution in [1.29, 1.82) is 0 Å². The molecule has 1 heterocycles. The summed E-state index contributed by atoms with van der Waals surface area (Å²) >= 11 is 1.24. The fourth-order valence-electron chi connectivity index (χ4n) is 4.15. The number of carbonyl (C=O) groups excluding carboxylic acids is 1. The zero-order chi connectivity index (χ0) is 25.7. The summed E-state index contributed by atoms with van der Waals surface area (Å²) in [5.74, 6) is -2.29. The number of halogens is 2. The second-order valence-electron chi connectivity index (χ2n) is 8.34. The van der Waals surface area contributed by atoms with Crippen molar-refractivity contribution in [3.63, 3.8) is 0 Å². The number of amides is 1. The first-order valence-corrected chi connectivity index (χ1v) is 12.4. The van der Waals surface area contributed by atoms with Crippen molar-refractivity contribution in [1.82, 2.24) is 4.90 Å². The third-order valence-corrected chi connectivity index (χ3v) is 6.95. The van der Waals surface area contributed by atoms with Crippen LogP contribution in [-0.2, 0) is 11.4 Å². The Morgan fingerprint density at radius 1 is 1.06 bits per heavy atom. The highest BCUT2D eigenvalue weighted by atomic mass is 32.2. The zero-order valence-electron chi connectivity index (χ0n) is 19.3. The minimum Gasteiger partial charge on any atom is -0.489 e. The Balaban J connectivity index is 1.44. The number of aliphatic hydroxyl groups excluding tert-OH is 1. The van der Waals surface area contributed by atoms with Crippen molar-refractivity contribution < 1.29 is 33.3 Å². The summed E-state index contributed by atoms with van der Waals surface area (Å²) in [5, 5.41) is 18.4. The molecule has 3 aromatic carbocycles. The van der Waals surface area contributed by atoms with Gasteiger partial charge in [-0.2, -0.15) is 0 Å². The van der Waals surface area contributed by atoms with Gasteiger partial charge in [-0.1, -0.05) is 24.3 Å². The van der Waals surface area contributed by atoms with Crippen molar-refractivity contribution in [2.45, 2.75) is 30.4 Å². The van der Waals surface area contributed by atoms with Gasteiger partial charge in [0.25, 0.3) is 5.91 Å². The number of carbonyl (C=O) groups is 2. The SMILES string of the molecule is O=C(O)[C@@H]1CCCN1C(=O)c1cccc(COc2ccc(-c3cc(F)c(F)cc3SCCO)cc2)c1. The maximum absolute atomic E-state index is 13.9. The van der Waals surface area contributed by atoms with Crippen LogP contribution in [0.25, 0.3) is 11.1 Å². The Morgan fingerprint density at radius 2 is 1.81 bits per heavy atom. The van der Waals surface area contributed by atoms with E-state index in [1.54, 1.807) is 42.5 Å². The summed E-state index contributed by atoms with van der Waals surface area (Å²) in [6, 6.07) is 15.3. The summed E-state index contributed by atoms with van der Waals surface area (Å²) in [7, 11) is 0. The molecule has 4 rings (SSSR count). The lowest BCUT2D eigenvalue weighted by Gasteiger charge is -2.21. The summed E-state index contributed by atoms with van der Waals surface area (Å²) in [6.45, 7) is 0.521. The van der Waals surface area contributed by atoms with Gasteiger partial charge in [0.05, 0.1) is 6.61 Å². The van der Waals surface area contributed by atoms with Crippen LogP contribution < -0.4 is 4.74 Å². The van der Waals surface area contributed by atoms with E-state index >= 15 is 0 Å². The van der Waals surface area contributed by atoms with Gasteiger partial charge in [-0.3, -0.25) is 4.79 Å². The van der Waals surface area contributed by atoms with Crippen LogP contribution >= 0.6 is 11.8 Å². The Morgan fingerprint density at radius 3 is 2.53 bits per heavy atom. The molecule has 36 heavy (non-hydrogen) atoms. The highest BCUT2D eigenvalue weighted by Crippen LogP contribution is 2.34. The van der Waals surface area contributed by atoms with Gasteiger partial charge in [-0.15, -0.1) is 11.8 Å². The third-order valence-electron chi connectivity index (χ3n) is 5.91. The average Bonchev–Trinajstić information content (AvgIpc) is 3.38. The van der Waals surface area contributed by atoms with E-state index in [-0.39, 0.29) is 19.1 Å². The molecule has 0 saturated carbocycles. The molecule has 0 spiro atoms. The number of rotatable bonds is 9. The number of thioether (sulfide) groups is 1. The molecule has 0 aliphatic carbocycles. The summed E-state index contributed by atoms with van der Waals surface area (Å²) in [6.07, 6.45) is 1.11. The Kier molecular flexibility index (Phi) is 8.22. The van der Waals surface area contributed by atoms with Crippen molar-refractivity contribution in [2.75, 3.05) is 18.9 Å². The van der Waals surface area contributed by atoms with Crippen LogP contribution in [0.5, 0.6) is 5.75 Å². The number of ether oxygens (including phenoxy) is 1. The van der Waals surface area contributed by atoms with E-state index in [2.05, 4.69) is 0 Å². The predicted octanol–water partition coefficient (Wildman–Crippen LogP) is 4.98. The molecule has 6 nitrogen and oxygen atoms in total. The Hall–Kier alpha value is -3.43. The minimum atomic E-state index is -0.994. The third kappa shape index (κ3) is 5.85. The highest BCUT2D eigenvalue weighted by molar-refractivity contribution is 7.99. The van der Waals surface area contributed by atoms with Crippen molar-refractivity contribution in [3.05, 3.63) is 83.4 Å². The quantitative estimate of drug-likeness (QED) is 0.393. The Bertz CT molecular complexity index is 1250. The molecule has 0 aromatic heterocycles. The molecule has 1 amide bonds. The summed E-state index contributed by atoms with van der Waals surface area (Å²) in [4.78, 5) is 26.2. The average molecular weight is 514 g/mol. The van der Waals surface area contributed by atoms with Gasteiger partial charge in [-0.05, 0) is 65.9 Å². The fourth-order valence-corrected chi connectivity index (χ4v) is 4.98. The number of carboxylic acid groups (broad SMARTS) is 1. The van der Waals surface area contributed by atoms with E-state index in [0.717, 1.165) is 17.7 Å². The number of aliphatic carboxylic acids is 1. The minimum absolute atomic E-state index is 0.0825. The maximum Gasteiger partial charge on any atom is 0.326 e. The number of likely N-dealkylation sites (tertiary alicyclic amines) is 1. The van der Waals surface area contributed by atoms with E-state index < -0.39 is 23.6 Å². The zero-order valence-corrected chi connectivity index (χ0v) is 20.1. The lowest BCUT2D eigenvalue weighted by Crippen LogP contribution is -2.40. The van der Waals surface area contributed by atoms with Gasteiger partial charge < -0.3 is 19.8 Å². The molecule has 1 aliphatic heterocycles. The van der Waals surface area contributed by atoms with E-state index in [4.69, 9.17) is 9.84 Å². The first-order chi connectivity index (χ1) is 17.4. The largest absolute Gasteiger partial charge is 0.489 e. The van der Waals surface area contributed by atoms with Crippen LogP contribution in [0.2, 0.25) is 0 Å². The molecule has 2 N–H and O–H groups in total. The standard InChI is InChI=1S/C27H25F2NO5S/c28-22-14-21(25(15-23(22)29)36-12-11-31)18-6-8-20(9-7-18)35-16-17-3-1-4-19(13-17)26(32)30-10-2-5-24(30)27(33)34/h1,3-4,6-9,13-15,24,31H,2,5,10-12,16H2,(H,33,34)/t24-/m0/s1. The molecule has 0 bridgehead atoms. The second-order valence-corrected chi connectivity index (χ2v) is 9.48. The van der Waals surface area contributed by atoms with Gasteiger partial charge in [-0.25, -0.2) is 13.6 Å². The van der Waals surface area contributed by atoms with Crippen LogP contribution in [0, 0.1) is 11.6 Å². The lowest BCUT2D eigenvalue weighted by molar-refractivity contribution is -0.141. The van der Waals surface area contributed by atoms with Crippen LogP contribution in [0.15, 0.2) is 65.6 Å². The molecule has 9 heteroatoms. The number of hydrogen-bond acceptors (Lipinski definition) is 5. The molecule has 3 aromatic rings. The van der Waals surface area contributed by atoms with Crippen LogP contribution in [0.1, 0.15) is 28.8 Å². The fraction of sp³-hybridized carbons (Fsp3) is 0.259. The molecule has 1 aliphatic rings. The second kappa shape index (κ2) is 11.5. The van der Waals surface area contributed by atoms with Crippen molar-refractivity contribution >= 4 is 23.6 Å². The molecular weight excluding hydrogens is 488 g/mol. The van der Waals surface area contributed by atoms with E-state index in [0.29, 0.717) is 52.5 Å². The normalized spacial score (nSPS) is 15.2. The van der Waals surface area contributed by atoms with E-state index in [9.17, 15) is 23.5 Å². The molecule has 188 valence electrons. The smallest absolute Gasteiger partial charge is 0.326 e. The predicted molar refractivity (Wildman–Crippen MR) is 132 cm³/mol. The molecule has 0 unspecified atom stereocenters. The van der Waals surface area contributed by atoms with Gasteiger partial charge in [0.1, 0.15) is 18.4 Å². The monoisotopic (exact) mass is 513 g/mol. The number of hydrogen-bond donors (Lipinski definition) is 2. The molecule has 1 saturated heterocycles. The van der Waals surface area contributed by atoms with Crippen molar-refractivity contribution in [3.8, 4) is 16.9 Å². The van der Waals surface area contributed by atoms with Crippen LogP contribution in [0.4, 0.5) is 8.78 Å². The van der Waals surface area contributed by atoms with E-state index in [1.165, 1.54) is 16.7 Å². The summed E-state index contributed by atoms with van der Waals surface area (Å²) < 4.78 is 33.5. The summed E-state index contributed by atoms with van der Waals surface area (Å²) in [5.41, 5.74) is 2.35. The van der Waals surface area contributed by atoms with Crippen LogP contribution in [0.3, 0.4) is 0 Å². The van der Waals surface area contributed by atoms with Gasteiger partial charge in [0, 0.05) is 22.8 Å². The molecular formula is C27H25F2NO5S. The van der Waals surface area contributed by atoms with Crippen molar-refractivity contribution in [2.24, 2.45) is 0 Å². The first-order valence-electron chi connectivity index (χ1n) is 11.5. The molecule has 1 atom stereocenters. The number of aliphatic hydroxyl groups is 1. The topological polar surface area (TPSA) is 87.1 Å². The number of nitrogens with zero attached hydrogens (tertiary/aromatic N) is 1. The van der Waals surface area contributed by atoms with Gasteiger partial charge in [0.2, 0.25) is 0 Å². The highest BCUT2D eigenvalue weighted by Gasteiger charge is 2.34. The number of carboxylic acids is 1. The molecule has 0 radical (unpaired) electrons. The Labute approximate surface area is 211 Å².